The largest absolute Gasteiger partial charge is 0.326 e. The van der Waals surface area contributed by atoms with Gasteiger partial charge in [-0.1, -0.05) is 0 Å². The van der Waals surface area contributed by atoms with E-state index in [-0.39, 0.29) is 17.6 Å². The lowest BCUT2D eigenvalue weighted by atomic mass is 10.1. The van der Waals surface area contributed by atoms with E-state index in [4.69, 9.17) is 0 Å². The van der Waals surface area contributed by atoms with Gasteiger partial charge in [-0.15, -0.1) is 11.3 Å². The molecule has 0 saturated carbocycles. The number of halogens is 1. The Morgan fingerprint density at radius 3 is 2.27 bits per heavy atom. The van der Waals surface area contributed by atoms with Crippen molar-refractivity contribution in [2.24, 2.45) is 0 Å². The number of thiazole rings is 1. The van der Waals surface area contributed by atoms with Gasteiger partial charge < -0.3 is 5.32 Å². The highest BCUT2D eigenvalue weighted by molar-refractivity contribution is 7.16. The zero-order chi connectivity index (χ0) is 18.7. The summed E-state index contributed by atoms with van der Waals surface area (Å²) in [6.45, 7) is 3.32. The van der Waals surface area contributed by atoms with Gasteiger partial charge in [-0.05, 0) is 55.5 Å². The molecule has 0 aliphatic heterocycles. The standard InChI is InChI=1S/C19H16FN3O2S/c1-11-17(13-3-7-15(20)8-4-13)22-19(26-11)23-18(25)14-5-9-16(10-6-14)21-12(2)24/h3-10H,1-2H3,(H,21,24)(H,22,23,25). The lowest BCUT2D eigenvalue weighted by Gasteiger charge is -2.04. The number of aryl methyl sites for hydroxylation is 1. The third kappa shape index (κ3) is 4.12. The van der Waals surface area contributed by atoms with Crippen molar-refractivity contribution in [3.8, 4) is 11.3 Å². The molecule has 3 rings (SSSR count). The summed E-state index contributed by atoms with van der Waals surface area (Å²) in [7, 11) is 0. The Bertz CT molecular complexity index is 950. The van der Waals surface area contributed by atoms with Gasteiger partial charge in [0.05, 0.1) is 5.69 Å². The molecule has 2 amide bonds. The van der Waals surface area contributed by atoms with Crippen LogP contribution in [0.1, 0.15) is 22.2 Å². The minimum atomic E-state index is -0.308. The highest BCUT2D eigenvalue weighted by Gasteiger charge is 2.13. The van der Waals surface area contributed by atoms with E-state index in [2.05, 4.69) is 15.6 Å². The average molecular weight is 369 g/mol. The molecular weight excluding hydrogens is 353 g/mol. The van der Waals surface area contributed by atoms with Crippen molar-refractivity contribution in [1.82, 2.24) is 4.98 Å². The second kappa shape index (κ2) is 7.45. The first-order chi connectivity index (χ1) is 12.4. The fourth-order valence-electron chi connectivity index (χ4n) is 2.40. The number of aromatic nitrogens is 1. The van der Waals surface area contributed by atoms with E-state index in [0.717, 1.165) is 10.4 Å². The van der Waals surface area contributed by atoms with Gasteiger partial charge in [-0.25, -0.2) is 9.37 Å². The van der Waals surface area contributed by atoms with Crippen molar-refractivity contribution in [3.05, 3.63) is 64.8 Å². The number of rotatable bonds is 4. The first-order valence-corrected chi connectivity index (χ1v) is 8.66. The maximum Gasteiger partial charge on any atom is 0.257 e. The summed E-state index contributed by atoms with van der Waals surface area (Å²) in [6.07, 6.45) is 0. The van der Waals surface area contributed by atoms with E-state index in [1.165, 1.54) is 30.4 Å². The fourth-order valence-corrected chi connectivity index (χ4v) is 3.23. The smallest absolute Gasteiger partial charge is 0.257 e. The molecule has 2 N–H and O–H groups in total. The number of nitrogens with zero attached hydrogens (tertiary/aromatic N) is 1. The zero-order valence-corrected chi connectivity index (χ0v) is 15.0. The Balaban J connectivity index is 1.74. The molecule has 0 radical (unpaired) electrons. The highest BCUT2D eigenvalue weighted by Crippen LogP contribution is 2.30. The minimum absolute atomic E-state index is 0.172. The summed E-state index contributed by atoms with van der Waals surface area (Å²) in [5.74, 6) is -0.773. The van der Waals surface area contributed by atoms with Crippen LogP contribution in [-0.2, 0) is 4.79 Å². The maximum absolute atomic E-state index is 13.1. The van der Waals surface area contributed by atoms with E-state index in [1.807, 2.05) is 6.92 Å². The van der Waals surface area contributed by atoms with Crippen LogP contribution in [0.3, 0.4) is 0 Å². The summed E-state index contributed by atoms with van der Waals surface area (Å²) < 4.78 is 13.1. The van der Waals surface area contributed by atoms with Gasteiger partial charge in [0.25, 0.3) is 5.91 Å². The van der Waals surface area contributed by atoms with Crippen LogP contribution in [0.2, 0.25) is 0 Å². The lowest BCUT2D eigenvalue weighted by Crippen LogP contribution is -2.12. The van der Waals surface area contributed by atoms with Gasteiger partial charge in [-0.2, -0.15) is 0 Å². The average Bonchev–Trinajstić information content (AvgIpc) is 2.96. The number of amides is 2. The molecule has 0 fully saturated rings. The Morgan fingerprint density at radius 1 is 1.00 bits per heavy atom. The van der Waals surface area contributed by atoms with Gasteiger partial charge in [-0.3, -0.25) is 14.9 Å². The summed E-state index contributed by atoms with van der Waals surface area (Å²) in [5.41, 5.74) is 2.58. The number of hydrogen-bond donors (Lipinski definition) is 2. The van der Waals surface area contributed by atoms with Gasteiger partial charge in [0.1, 0.15) is 5.82 Å². The highest BCUT2D eigenvalue weighted by atomic mass is 32.1. The number of carbonyl (C=O) groups is 2. The molecule has 0 aliphatic rings. The fraction of sp³-hybridized carbons (Fsp3) is 0.105. The maximum atomic E-state index is 13.1. The van der Waals surface area contributed by atoms with Crippen LogP contribution < -0.4 is 10.6 Å². The molecule has 0 atom stereocenters. The number of anilines is 2. The molecule has 26 heavy (non-hydrogen) atoms. The predicted octanol–water partition coefficient (Wildman–Crippen LogP) is 4.47. The van der Waals surface area contributed by atoms with Crippen LogP contribution in [-0.4, -0.2) is 16.8 Å². The third-order valence-corrected chi connectivity index (χ3v) is 4.49. The summed E-state index contributed by atoms with van der Waals surface area (Å²) >= 11 is 1.35. The molecule has 7 heteroatoms. The first kappa shape index (κ1) is 17.8. The molecule has 132 valence electrons. The topological polar surface area (TPSA) is 71.1 Å². The zero-order valence-electron chi connectivity index (χ0n) is 14.2. The van der Waals surface area contributed by atoms with E-state index in [0.29, 0.717) is 22.1 Å². The molecule has 0 saturated heterocycles. The van der Waals surface area contributed by atoms with E-state index >= 15 is 0 Å². The number of benzene rings is 2. The third-order valence-electron chi connectivity index (χ3n) is 3.60. The Hall–Kier alpha value is -3.06. The van der Waals surface area contributed by atoms with Crippen molar-refractivity contribution in [2.75, 3.05) is 10.6 Å². The number of nitrogens with one attached hydrogen (secondary N) is 2. The Morgan fingerprint density at radius 2 is 1.65 bits per heavy atom. The SMILES string of the molecule is CC(=O)Nc1ccc(C(=O)Nc2nc(-c3ccc(F)cc3)c(C)s2)cc1. The van der Waals surface area contributed by atoms with E-state index < -0.39 is 0 Å². The van der Waals surface area contributed by atoms with E-state index in [1.54, 1.807) is 36.4 Å². The van der Waals surface area contributed by atoms with Crippen molar-refractivity contribution in [2.45, 2.75) is 13.8 Å². The van der Waals surface area contributed by atoms with Crippen molar-refractivity contribution < 1.29 is 14.0 Å². The van der Waals surface area contributed by atoms with E-state index in [9.17, 15) is 14.0 Å². The summed E-state index contributed by atoms with van der Waals surface area (Å²) in [6, 6.07) is 12.6. The van der Waals surface area contributed by atoms with Crippen molar-refractivity contribution >= 4 is 34.0 Å². The molecule has 1 heterocycles. The molecule has 0 spiro atoms. The van der Waals surface area contributed by atoms with Crippen molar-refractivity contribution in [1.29, 1.82) is 0 Å². The van der Waals surface area contributed by atoms with Crippen LogP contribution in [0.15, 0.2) is 48.5 Å². The van der Waals surface area contributed by atoms with Crippen LogP contribution in [0, 0.1) is 12.7 Å². The summed E-state index contributed by atoms with van der Waals surface area (Å²) in [4.78, 5) is 28.8. The van der Waals surface area contributed by atoms with Gasteiger partial charge in [0.2, 0.25) is 5.91 Å². The monoisotopic (exact) mass is 369 g/mol. The quantitative estimate of drug-likeness (QED) is 0.713. The van der Waals surface area contributed by atoms with Crippen molar-refractivity contribution in [3.63, 3.8) is 0 Å². The second-order valence-corrected chi connectivity index (χ2v) is 6.85. The first-order valence-electron chi connectivity index (χ1n) is 7.85. The molecule has 0 aliphatic carbocycles. The second-order valence-electron chi connectivity index (χ2n) is 5.64. The van der Waals surface area contributed by atoms with Crippen LogP contribution in [0.25, 0.3) is 11.3 Å². The van der Waals surface area contributed by atoms with Crippen LogP contribution >= 0.6 is 11.3 Å². The van der Waals surface area contributed by atoms with Gasteiger partial charge in [0, 0.05) is 28.6 Å². The molecular formula is C19H16FN3O2S. The lowest BCUT2D eigenvalue weighted by molar-refractivity contribution is -0.114. The molecule has 0 bridgehead atoms. The van der Waals surface area contributed by atoms with Crippen LogP contribution in [0.4, 0.5) is 15.2 Å². The number of hydrogen-bond acceptors (Lipinski definition) is 4. The van der Waals surface area contributed by atoms with Gasteiger partial charge >= 0.3 is 0 Å². The molecule has 5 nitrogen and oxygen atoms in total. The normalized spacial score (nSPS) is 10.4. The van der Waals surface area contributed by atoms with Crippen LogP contribution in [0.5, 0.6) is 0 Å². The summed E-state index contributed by atoms with van der Waals surface area (Å²) in [5, 5.41) is 5.88. The molecule has 3 aromatic rings. The molecule has 2 aromatic carbocycles. The Labute approximate surface area is 153 Å². The minimum Gasteiger partial charge on any atom is -0.326 e. The molecule has 1 aromatic heterocycles. The predicted molar refractivity (Wildman–Crippen MR) is 101 cm³/mol. The Kier molecular flexibility index (Phi) is 5.09. The number of carbonyl (C=O) groups excluding carboxylic acids is 2. The molecule has 0 unspecified atom stereocenters. The van der Waals surface area contributed by atoms with Gasteiger partial charge in [0.15, 0.2) is 5.13 Å².